The van der Waals surface area contributed by atoms with Crippen LogP contribution in [0.2, 0.25) is 0 Å². The molecule has 11 rings (SSSR count). The predicted molar refractivity (Wildman–Crippen MR) is 238 cm³/mol. The smallest absolute Gasteiger partial charge is 0.164 e. The van der Waals surface area contributed by atoms with Crippen LogP contribution in [0, 0.1) is 0 Å². The van der Waals surface area contributed by atoms with Crippen molar-refractivity contribution in [3.05, 3.63) is 188 Å². The van der Waals surface area contributed by atoms with Crippen LogP contribution in [-0.2, 0) is 0 Å². The average molecular weight is 750 g/mol. The Morgan fingerprint density at radius 2 is 0.679 bits per heavy atom. The molecule has 11 aromatic rings. The molecule has 0 aliphatic rings. The average Bonchev–Trinajstić information content (AvgIpc) is 3.84. The van der Waals surface area contributed by atoms with Crippen LogP contribution in [0.3, 0.4) is 0 Å². The van der Waals surface area contributed by atoms with Gasteiger partial charge in [-0.15, -0.1) is 22.7 Å². The molecule has 0 saturated heterocycles. The van der Waals surface area contributed by atoms with Crippen LogP contribution >= 0.6 is 22.7 Å². The summed E-state index contributed by atoms with van der Waals surface area (Å²) in [6.07, 6.45) is 0. The largest absolute Gasteiger partial charge is 0.208 e. The molecule has 0 fully saturated rings. The van der Waals surface area contributed by atoms with Gasteiger partial charge in [-0.2, -0.15) is 0 Å². The topological polar surface area (TPSA) is 38.7 Å². The predicted octanol–water partition coefficient (Wildman–Crippen LogP) is 14.6. The molecule has 5 heteroatoms. The fourth-order valence-corrected chi connectivity index (χ4v) is 10.1. The number of hydrogen-bond acceptors (Lipinski definition) is 5. The van der Waals surface area contributed by atoms with Crippen LogP contribution in [0.15, 0.2) is 188 Å². The molecular formula is C51H31N3S2. The SMILES string of the molecule is c1ccc(-c2nc(-c3cc(-c4ccc5c(c4)sc4ccccc45)cc(-c4ccc5c(c4)sc4ccccc45)c3)nc(-c3ccccc3-c3ccccc3)n2)cc1. The van der Waals surface area contributed by atoms with Crippen LogP contribution < -0.4 is 0 Å². The fourth-order valence-electron chi connectivity index (χ4n) is 7.79. The molecule has 0 aliphatic heterocycles. The first-order valence-corrected chi connectivity index (χ1v) is 20.3. The van der Waals surface area contributed by atoms with Crippen molar-refractivity contribution >= 4 is 63.0 Å². The first kappa shape index (κ1) is 32.6. The second-order valence-corrected chi connectivity index (χ2v) is 16.2. The van der Waals surface area contributed by atoms with Crippen LogP contribution in [0.5, 0.6) is 0 Å². The Morgan fingerprint density at radius 3 is 1.27 bits per heavy atom. The highest BCUT2D eigenvalue weighted by Gasteiger charge is 2.18. The lowest BCUT2D eigenvalue weighted by Crippen LogP contribution is -2.01. The fraction of sp³-hybridized carbons (Fsp3) is 0. The van der Waals surface area contributed by atoms with Crippen molar-refractivity contribution in [3.8, 4) is 67.5 Å². The number of aromatic nitrogens is 3. The Bertz CT molecular complexity index is 3120. The molecule has 3 aromatic heterocycles. The van der Waals surface area contributed by atoms with Crippen molar-refractivity contribution in [2.45, 2.75) is 0 Å². The summed E-state index contributed by atoms with van der Waals surface area (Å²) in [5, 5.41) is 5.17. The van der Waals surface area contributed by atoms with Crippen molar-refractivity contribution in [1.29, 1.82) is 0 Å². The van der Waals surface area contributed by atoms with E-state index in [9.17, 15) is 0 Å². The van der Waals surface area contributed by atoms with E-state index in [0.717, 1.165) is 50.1 Å². The molecule has 0 amide bonds. The maximum atomic E-state index is 5.29. The highest BCUT2D eigenvalue weighted by Crippen LogP contribution is 2.41. The summed E-state index contributed by atoms with van der Waals surface area (Å²) < 4.78 is 5.14. The lowest BCUT2D eigenvalue weighted by Gasteiger charge is -2.14. The molecule has 0 N–H and O–H groups in total. The monoisotopic (exact) mass is 749 g/mol. The van der Waals surface area contributed by atoms with Gasteiger partial charge in [0.2, 0.25) is 0 Å². The normalized spacial score (nSPS) is 11.6. The zero-order chi connectivity index (χ0) is 37.0. The van der Waals surface area contributed by atoms with Crippen LogP contribution in [0.4, 0.5) is 0 Å². The molecule has 0 atom stereocenters. The molecule has 0 spiro atoms. The number of benzene rings is 8. The van der Waals surface area contributed by atoms with Gasteiger partial charge in [0.1, 0.15) is 0 Å². The van der Waals surface area contributed by atoms with Gasteiger partial charge in [0.15, 0.2) is 17.5 Å². The van der Waals surface area contributed by atoms with E-state index in [-0.39, 0.29) is 0 Å². The second kappa shape index (κ2) is 13.5. The van der Waals surface area contributed by atoms with Crippen molar-refractivity contribution in [2.75, 3.05) is 0 Å². The van der Waals surface area contributed by atoms with E-state index < -0.39 is 0 Å². The van der Waals surface area contributed by atoms with Crippen molar-refractivity contribution < 1.29 is 0 Å². The summed E-state index contributed by atoms with van der Waals surface area (Å²) in [4.78, 5) is 15.6. The van der Waals surface area contributed by atoms with E-state index in [1.807, 2.05) is 46.9 Å². The molecule has 0 bridgehead atoms. The third-order valence-electron chi connectivity index (χ3n) is 10.5. The molecule has 0 saturated carbocycles. The summed E-state index contributed by atoms with van der Waals surface area (Å²) >= 11 is 3.68. The Balaban J connectivity index is 1.14. The third-order valence-corrected chi connectivity index (χ3v) is 12.8. The maximum absolute atomic E-state index is 5.29. The molecule has 3 nitrogen and oxygen atoms in total. The minimum Gasteiger partial charge on any atom is -0.208 e. The van der Waals surface area contributed by atoms with Gasteiger partial charge in [-0.25, -0.2) is 15.0 Å². The van der Waals surface area contributed by atoms with E-state index in [4.69, 9.17) is 15.0 Å². The van der Waals surface area contributed by atoms with Crippen LogP contribution in [0.1, 0.15) is 0 Å². The van der Waals surface area contributed by atoms with Gasteiger partial charge >= 0.3 is 0 Å². The van der Waals surface area contributed by atoms with E-state index in [1.165, 1.54) is 40.3 Å². The quantitative estimate of drug-likeness (QED) is 0.170. The van der Waals surface area contributed by atoms with Crippen LogP contribution in [0.25, 0.3) is 108 Å². The summed E-state index contributed by atoms with van der Waals surface area (Å²) in [6, 6.07) is 66.9. The zero-order valence-electron chi connectivity index (χ0n) is 30.1. The molecule has 0 unspecified atom stereocenters. The Kier molecular flexibility index (Phi) is 7.87. The van der Waals surface area contributed by atoms with Gasteiger partial charge in [-0.1, -0.05) is 146 Å². The van der Waals surface area contributed by atoms with Gasteiger partial charge in [0.05, 0.1) is 0 Å². The number of thiophene rings is 2. The third kappa shape index (κ3) is 5.77. The van der Waals surface area contributed by atoms with Gasteiger partial charge in [0.25, 0.3) is 0 Å². The van der Waals surface area contributed by atoms with Crippen LogP contribution in [-0.4, -0.2) is 15.0 Å². The number of rotatable bonds is 6. The van der Waals surface area contributed by atoms with E-state index in [0.29, 0.717) is 17.5 Å². The van der Waals surface area contributed by atoms with Gasteiger partial charge in [0, 0.05) is 57.0 Å². The van der Waals surface area contributed by atoms with E-state index >= 15 is 0 Å². The Morgan fingerprint density at radius 1 is 0.250 bits per heavy atom. The number of fused-ring (bicyclic) bond motifs is 6. The minimum absolute atomic E-state index is 0.630. The number of hydrogen-bond donors (Lipinski definition) is 0. The Hall–Kier alpha value is -6.79. The van der Waals surface area contributed by atoms with Gasteiger partial charge < -0.3 is 0 Å². The summed E-state index contributed by atoms with van der Waals surface area (Å²) in [7, 11) is 0. The summed E-state index contributed by atoms with van der Waals surface area (Å²) in [5.41, 5.74) is 9.56. The highest BCUT2D eigenvalue weighted by atomic mass is 32.1. The van der Waals surface area contributed by atoms with Crippen molar-refractivity contribution in [1.82, 2.24) is 15.0 Å². The molecule has 56 heavy (non-hydrogen) atoms. The summed E-state index contributed by atoms with van der Waals surface area (Å²) in [5.74, 6) is 1.91. The molecule has 3 heterocycles. The van der Waals surface area contributed by atoms with E-state index in [1.54, 1.807) is 0 Å². The lowest BCUT2D eigenvalue weighted by atomic mass is 9.94. The molecule has 262 valence electrons. The molecule has 0 radical (unpaired) electrons. The maximum Gasteiger partial charge on any atom is 0.164 e. The van der Waals surface area contributed by atoms with Crippen molar-refractivity contribution in [2.24, 2.45) is 0 Å². The lowest BCUT2D eigenvalue weighted by molar-refractivity contribution is 1.07. The Labute approximate surface area is 331 Å². The first-order valence-electron chi connectivity index (χ1n) is 18.7. The second-order valence-electron chi connectivity index (χ2n) is 14.0. The van der Waals surface area contributed by atoms with Gasteiger partial charge in [-0.05, 0) is 75.8 Å². The molecule has 8 aromatic carbocycles. The number of nitrogens with zero attached hydrogens (tertiary/aromatic N) is 3. The molecular weight excluding hydrogens is 719 g/mol. The van der Waals surface area contributed by atoms with Crippen molar-refractivity contribution in [3.63, 3.8) is 0 Å². The molecule has 0 aliphatic carbocycles. The summed E-state index contributed by atoms with van der Waals surface area (Å²) in [6.45, 7) is 0. The standard InChI is InChI=1S/C51H31N3S2/c1-3-13-32(14-4-1)39-17-7-8-20-44(39)51-53-49(33-15-5-2-6-16-33)52-50(54-51)38-28-36(34-23-25-42-40-18-9-11-21-45(40)55-47(42)30-34)27-37(29-38)35-24-26-43-41-19-10-12-22-46(41)56-48(43)31-35/h1-31H. The zero-order valence-corrected chi connectivity index (χ0v) is 31.7. The van der Waals surface area contributed by atoms with Gasteiger partial charge in [-0.3, -0.25) is 0 Å². The minimum atomic E-state index is 0.630. The highest BCUT2D eigenvalue weighted by molar-refractivity contribution is 7.26. The first-order chi connectivity index (χ1) is 27.7. The van der Waals surface area contributed by atoms with E-state index in [2.05, 4.69) is 164 Å².